The summed E-state index contributed by atoms with van der Waals surface area (Å²) in [5, 5.41) is 3.14. The van der Waals surface area contributed by atoms with Gasteiger partial charge in [-0.25, -0.2) is 4.98 Å². The molecule has 0 aliphatic carbocycles. The molecule has 1 aliphatic heterocycles. The molecule has 0 fully saturated rings. The predicted molar refractivity (Wildman–Crippen MR) is 121 cm³/mol. The van der Waals surface area contributed by atoms with Gasteiger partial charge < -0.3 is 19.9 Å². The standard InChI is InChI=1S/C25H22N4O3/c30-23(12-13-29-21-8-4-5-9-22(21)32-15-24(29)31)28-25(17-6-2-1-3-7-17)18-10-11-19-20(14-18)27-16-26-19/h1-11,14,16,25H,12-13,15H2,(H,26,27)(H,28,30). The lowest BCUT2D eigenvalue weighted by Crippen LogP contribution is -2.41. The number of para-hydroxylation sites is 2. The van der Waals surface area contributed by atoms with Gasteiger partial charge in [-0.1, -0.05) is 48.5 Å². The average Bonchev–Trinajstić information content (AvgIpc) is 3.30. The molecule has 1 atom stereocenters. The molecule has 0 radical (unpaired) electrons. The van der Waals surface area contributed by atoms with Crippen molar-refractivity contribution in [3.05, 3.63) is 90.3 Å². The van der Waals surface area contributed by atoms with E-state index in [1.165, 1.54) is 0 Å². The van der Waals surface area contributed by atoms with Crippen molar-refractivity contribution in [1.82, 2.24) is 15.3 Å². The summed E-state index contributed by atoms with van der Waals surface area (Å²) in [6.07, 6.45) is 1.83. The predicted octanol–water partition coefficient (Wildman–Crippen LogP) is 3.58. The normalized spacial score (nSPS) is 14.0. The van der Waals surface area contributed by atoms with Gasteiger partial charge in [-0.3, -0.25) is 9.59 Å². The van der Waals surface area contributed by atoms with E-state index in [9.17, 15) is 9.59 Å². The van der Waals surface area contributed by atoms with Gasteiger partial charge in [-0.05, 0) is 35.4 Å². The Hall–Kier alpha value is -4.13. The molecule has 1 aromatic heterocycles. The van der Waals surface area contributed by atoms with Crippen LogP contribution in [0.1, 0.15) is 23.6 Å². The fraction of sp³-hybridized carbons (Fsp3) is 0.160. The lowest BCUT2D eigenvalue weighted by molar-refractivity contribution is -0.122. The van der Waals surface area contributed by atoms with Gasteiger partial charge in [0.25, 0.3) is 5.91 Å². The van der Waals surface area contributed by atoms with Crippen molar-refractivity contribution < 1.29 is 14.3 Å². The average molecular weight is 426 g/mol. The number of carbonyl (C=O) groups is 2. The van der Waals surface area contributed by atoms with Crippen LogP contribution in [0.25, 0.3) is 11.0 Å². The fourth-order valence-electron chi connectivity index (χ4n) is 3.98. The SMILES string of the molecule is O=C(CCN1C(=O)COc2ccccc21)NC(c1ccccc1)c1ccc2nc[nH]c2c1. The van der Waals surface area contributed by atoms with E-state index in [2.05, 4.69) is 15.3 Å². The number of aromatic nitrogens is 2. The van der Waals surface area contributed by atoms with Gasteiger partial charge in [0.2, 0.25) is 5.91 Å². The largest absolute Gasteiger partial charge is 0.482 e. The van der Waals surface area contributed by atoms with Gasteiger partial charge in [0.1, 0.15) is 5.75 Å². The third-order valence-electron chi connectivity index (χ3n) is 5.59. The highest BCUT2D eigenvalue weighted by Gasteiger charge is 2.26. The maximum Gasteiger partial charge on any atom is 0.265 e. The second-order valence-electron chi connectivity index (χ2n) is 7.64. The van der Waals surface area contributed by atoms with Gasteiger partial charge in [-0.2, -0.15) is 0 Å². The number of aromatic amines is 1. The number of nitrogens with one attached hydrogen (secondary N) is 2. The van der Waals surface area contributed by atoms with Crippen LogP contribution in [-0.2, 0) is 9.59 Å². The molecule has 160 valence electrons. The van der Waals surface area contributed by atoms with Gasteiger partial charge in [0, 0.05) is 13.0 Å². The van der Waals surface area contributed by atoms with E-state index < -0.39 is 0 Å². The lowest BCUT2D eigenvalue weighted by Gasteiger charge is -2.29. The molecule has 1 aliphatic rings. The maximum absolute atomic E-state index is 13.0. The Labute approximate surface area is 185 Å². The molecule has 5 rings (SSSR count). The van der Waals surface area contributed by atoms with E-state index in [1.807, 2.05) is 72.8 Å². The van der Waals surface area contributed by atoms with Crippen molar-refractivity contribution in [2.45, 2.75) is 12.5 Å². The Kier molecular flexibility index (Phi) is 5.29. The molecular formula is C25H22N4O3. The maximum atomic E-state index is 13.0. The molecule has 0 saturated heterocycles. The number of rotatable bonds is 6. The highest BCUT2D eigenvalue weighted by Crippen LogP contribution is 2.31. The fourth-order valence-corrected chi connectivity index (χ4v) is 3.98. The number of benzene rings is 3. The molecule has 7 heteroatoms. The van der Waals surface area contributed by atoms with E-state index in [0.717, 1.165) is 22.2 Å². The number of imidazole rings is 1. The van der Waals surface area contributed by atoms with E-state index in [-0.39, 0.29) is 37.4 Å². The van der Waals surface area contributed by atoms with Crippen LogP contribution in [-0.4, -0.2) is 34.9 Å². The van der Waals surface area contributed by atoms with Crippen molar-refractivity contribution in [2.75, 3.05) is 18.1 Å². The van der Waals surface area contributed by atoms with Gasteiger partial charge in [-0.15, -0.1) is 0 Å². The van der Waals surface area contributed by atoms with Gasteiger partial charge >= 0.3 is 0 Å². The molecule has 0 bridgehead atoms. The number of fused-ring (bicyclic) bond motifs is 2. The molecule has 0 saturated carbocycles. The Balaban J connectivity index is 1.35. The molecule has 32 heavy (non-hydrogen) atoms. The van der Waals surface area contributed by atoms with Crippen molar-refractivity contribution in [3.63, 3.8) is 0 Å². The van der Waals surface area contributed by atoms with Crippen LogP contribution < -0.4 is 15.0 Å². The van der Waals surface area contributed by atoms with Crippen LogP contribution in [0.2, 0.25) is 0 Å². The van der Waals surface area contributed by atoms with Gasteiger partial charge in [0.15, 0.2) is 6.61 Å². The monoisotopic (exact) mass is 426 g/mol. The first kappa shape index (κ1) is 19.8. The summed E-state index contributed by atoms with van der Waals surface area (Å²) in [7, 11) is 0. The van der Waals surface area contributed by atoms with E-state index >= 15 is 0 Å². The van der Waals surface area contributed by atoms with Crippen molar-refractivity contribution in [3.8, 4) is 5.75 Å². The topological polar surface area (TPSA) is 87.3 Å². The van der Waals surface area contributed by atoms with Crippen molar-refractivity contribution in [2.24, 2.45) is 0 Å². The summed E-state index contributed by atoms with van der Waals surface area (Å²) in [4.78, 5) is 34.4. The molecule has 4 aromatic rings. The first-order chi connectivity index (χ1) is 15.7. The van der Waals surface area contributed by atoms with Crippen LogP contribution in [0.4, 0.5) is 5.69 Å². The third-order valence-corrected chi connectivity index (χ3v) is 5.59. The Morgan fingerprint density at radius 3 is 2.75 bits per heavy atom. The zero-order valence-electron chi connectivity index (χ0n) is 17.3. The number of nitrogens with zero attached hydrogens (tertiary/aromatic N) is 2. The number of amides is 2. The first-order valence-electron chi connectivity index (χ1n) is 10.5. The van der Waals surface area contributed by atoms with Crippen LogP contribution in [0.5, 0.6) is 5.75 Å². The quantitative estimate of drug-likeness (QED) is 0.493. The van der Waals surface area contributed by atoms with Crippen LogP contribution in [0.15, 0.2) is 79.1 Å². The van der Waals surface area contributed by atoms with E-state index in [4.69, 9.17) is 4.74 Å². The number of anilines is 1. The Morgan fingerprint density at radius 1 is 1.06 bits per heavy atom. The zero-order chi connectivity index (χ0) is 21.9. The summed E-state index contributed by atoms with van der Waals surface area (Å²) >= 11 is 0. The minimum absolute atomic E-state index is 0.0184. The Morgan fingerprint density at radius 2 is 1.88 bits per heavy atom. The van der Waals surface area contributed by atoms with Crippen LogP contribution in [0.3, 0.4) is 0 Å². The number of ether oxygens (including phenoxy) is 1. The smallest absolute Gasteiger partial charge is 0.265 e. The van der Waals surface area contributed by atoms with Crippen LogP contribution in [0, 0.1) is 0 Å². The summed E-state index contributed by atoms with van der Waals surface area (Å²) in [6.45, 7) is 0.265. The minimum atomic E-state index is -0.316. The highest BCUT2D eigenvalue weighted by atomic mass is 16.5. The van der Waals surface area contributed by atoms with Crippen molar-refractivity contribution in [1.29, 1.82) is 0 Å². The van der Waals surface area contributed by atoms with E-state index in [0.29, 0.717) is 11.4 Å². The Bertz CT molecular complexity index is 1270. The number of hydrogen-bond donors (Lipinski definition) is 2. The summed E-state index contributed by atoms with van der Waals surface area (Å²) < 4.78 is 5.48. The molecule has 2 heterocycles. The molecule has 7 nitrogen and oxygen atoms in total. The molecule has 1 unspecified atom stereocenters. The number of hydrogen-bond acceptors (Lipinski definition) is 4. The number of carbonyl (C=O) groups excluding carboxylic acids is 2. The number of H-pyrrole nitrogens is 1. The molecule has 2 amide bonds. The molecular weight excluding hydrogens is 404 g/mol. The first-order valence-corrected chi connectivity index (χ1v) is 10.5. The summed E-state index contributed by atoms with van der Waals surface area (Å²) in [5.41, 5.74) is 4.41. The second kappa shape index (κ2) is 8.55. The van der Waals surface area contributed by atoms with Crippen LogP contribution >= 0.6 is 0 Å². The molecule has 0 spiro atoms. The second-order valence-corrected chi connectivity index (χ2v) is 7.64. The molecule has 3 aromatic carbocycles. The summed E-state index contributed by atoms with van der Waals surface area (Å²) in [6, 6.07) is 22.8. The minimum Gasteiger partial charge on any atom is -0.482 e. The third kappa shape index (κ3) is 3.92. The van der Waals surface area contributed by atoms with E-state index in [1.54, 1.807) is 11.2 Å². The van der Waals surface area contributed by atoms with Gasteiger partial charge in [0.05, 0.1) is 29.1 Å². The lowest BCUT2D eigenvalue weighted by atomic mass is 9.98. The van der Waals surface area contributed by atoms with Crippen molar-refractivity contribution >= 4 is 28.5 Å². The zero-order valence-corrected chi connectivity index (χ0v) is 17.3. The highest BCUT2D eigenvalue weighted by molar-refractivity contribution is 5.98. The summed E-state index contributed by atoms with van der Waals surface area (Å²) in [5.74, 6) is 0.365. The molecule has 2 N–H and O–H groups in total.